The Morgan fingerprint density at radius 1 is 1.00 bits per heavy atom. The lowest BCUT2D eigenvalue weighted by molar-refractivity contribution is 0.0933. The van der Waals surface area contributed by atoms with Gasteiger partial charge in [0.25, 0.3) is 5.91 Å². The molecule has 2 heterocycles. The summed E-state index contributed by atoms with van der Waals surface area (Å²) in [5.41, 5.74) is 6.01. The monoisotopic (exact) mass is 582 g/mol. The van der Waals surface area contributed by atoms with Crippen molar-refractivity contribution in [2.24, 2.45) is 0 Å². The van der Waals surface area contributed by atoms with Crippen molar-refractivity contribution in [2.75, 3.05) is 67.6 Å². The molecule has 2 fully saturated rings. The number of anilines is 2. The minimum atomic E-state index is 0.0192. The summed E-state index contributed by atoms with van der Waals surface area (Å²) in [6.07, 6.45) is 2.83. The maximum Gasteiger partial charge on any atom is 0.251 e. The molecule has 6 nitrogen and oxygen atoms in total. The second kappa shape index (κ2) is 13.2. The first-order valence-electron chi connectivity index (χ1n) is 12.2. The van der Waals surface area contributed by atoms with Crippen molar-refractivity contribution in [3.8, 4) is 0 Å². The Morgan fingerprint density at radius 2 is 1.69 bits per heavy atom. The number of carbonyl (C=O) groups is 1. The van der Waals surface area contributed by atoms with E-state index in [0.29, 0.717) is 0 Å². The number of morpholine rings is 1. The molecule has 2 saturated heterocycles. The van der Waals surface area contributed by atoms with Gasteiger partial charge >= 0.3 is 0 Å². The van der Waals surface area contributed by atoms with Crippen LogP contribution in [0.15, 0.2) is 40.9 Å². The molecule has 190 valence electrons. The summed E-state index contributed by atoms with van der Waals surface area (Å²) in [5.74, 6) is 0.0192. The van der Waals surface area contributed by atoms with Gasteiger partial charge in [-0.05, 0) is 66.8 Å². The van der Waals surface area contributed by atoms with E-state index in [1.54, 1.807) is 0 Å². The van der Waals surface area contributed by atoms with Gasteiger partial charge in [0.05, 0.1) is 18.6 Å². The Hall–Kier alpha value is -1.51. The fraction of sp³-hybridized carbons (Fsp3) is 0.500. The summed E-state index contributed by atoms with van der Waals surface area (Å²) in [7, 11) is 0. The molecule has 0 bridgehead atoms. The molecule has 2 aromatic carbocycles. The first-order chi connectivity index (χ1) is 17.1. The van der Waals surface area contributed by atoms with E-state index in [9.17, 15) is 4.79 Å². The van der Waals surface area contributed by atoms with Crippen LogP contribution in [0.5, 0.6) is 0 Å². The number of halogens is 3. The van der Waals surface area contributed by atoms with Gasteiger partial charge in [0.1, 0.15) is 0 Å². The van der Waals surface area contributed by atoms with Gasteiger partial charge in [-0.2, -0.15) is 0 Å². The predicted molar refractivity (Wildman–Crippen MR) is 149 cm³/mol. The maximum atomic E-state index is 13.0. The van der Waals surface area contributed by atoms with Crippen LogP contribution in [-0.2, 0) is 17.6 Å². The zero-order valence-corrected chi connectivity index (χ0v) is 23.0. The number of hydrogen-bond acceptors (Lipinski definition) is 5. The smallest absolute Gasteiger partial charge is 0.251 e. The lowest BCUT2D eigenvalue weighted by Gasteiger charge is -2.35. The van der Waals surface area contributed by atoms with Crippen LogP contribution >= 0.6 is 39.1 Å². The van der Waals surface area contributed by atoms with Crippen LogP contribution in [0.25, 0.3) is 0 Å². The summed E-state index contributed by atoms with van der Waals surface area (Å²) in [4.78, 5) is 17.8. The number of rotatable bonds is 4. The molecule has 2 aliphatic heterocycles. The normalized spacial score (nSPS) is 19.9. The van der Waals surface area contributed by atoms with Gasteiger partial charge in [0.15, 0.2) is 0 Å². The highest BCUT2D eigenvalue weighted by molar-refractivity contribution is 9.10. The van der Waals surface area contributed by atoms with Gasteiger partial charge in [0.2, 0.25) is 0 Å². The third-order valence-corrected chi connectivity index (χ3v) is 7.58. The topological polar surface area (TPSA) is 56.8 Å². The molecule has 3 aliphatic rings. The van der Waals surface area contributed by atoms with E-state index in [-0.39, 0.29) is 17.3 Å². The number of benzene rings is 2. The van der Waals surface area contributed by atoms with E-state index < -0.39 is 0 Å². The van der Waals surface area contributed by atoms with Crippen molar-refractivity contribution >= 4 is 56.4 Å². The van der Waals surface area contributed by atoms with Crippen LogP contribution < -0.4 is 20.4 Å². The number of piperazine rings is 1. The van der Waals surface area contributed by atoms with Gasteiger partial charge < -0.3 is 25.2 Å². The van der Waals surface area contributed by atoms with Crippen molar-refractivity contribution in [3.05, 3.63) is 57.6 Å². The highest BCUT2D eigenvalue weighted by Gasteiger charge is 2.26. The van der Waals surface area contributed by atoms with E-state index >= 15 is 0 Å². The van der Waals surface area contributed by atoms with Crippen molar-refractivity contribution in [3.63, 3.8) is 0 Å². The number of fused-ring (bicyclic) bond motifs is 1. The average molecular weight is 584 g/mol. The van der Waals surface area contributed by atoms with E-state index in [1.807, 2.05) is 12.1 Å². The number of amides is 1. The van der Waals surface area contributed by atoms with E-state index in [0.717, 1.165) is 83.0 Å². The van der Waals surface area contributed by atoms with E-state index in [2.05, 4.69) is 60.6 Å². The fourth-order valence-electron chi connectivity index (χ4n) is 5.06. The zero-order chi connectivity index (χ0) is 24.6. The van der Waals surface area contributed by atoms with Crippen LogP contribution in [0.3, 0.4) is 0 Å². The van der Waals surface area contributed by atoms with Gasteiger partial charge in [-0.1, -0.05) is 15.9 Å². The molecule has 0 radical (unpaired) electrons. The van der Waals surface area contributed by atoms with Crippen LogP contribution in [0.1, 0.15) is 27.9 Å². The van der Waals surface area contributed by atoms with Crippen molar-refractivity contribution < 1.29 is 9.53 Å². The first-order valence-corrected chi connectivity index (χ1v) is 14.1. The Kier molecular flexibility index (Phi) is 9.98. The van der Waals surface area contributed by atoms with Crippen LogP contribution in [0.4, 0.5) is 11.4 Å². The largest absolute Gasteiger partial charge is 0.378 e. The molecule has 2 N–H and O–H groups in total. The quantitative estimate of drug-likeness (QED) is 0.522. The molecule has 1 aliphatic carbocycles. The lowest BCUT2D eigenvalue weighted by Crippen LogP contribution is -2.45. The molecule has 0 aromatic heterocycles. The molecule has 1 atom stereocenters. The number of ether oxygens (including phenoxy) is 1. The lowest BCUT2D eigenvalue weighted by atomic mass is 9.86. The molecular weight excluding hydrogens is 551 g/mol. The van der Waals surface area contributed by atoms with Crippen LogP contribution in [0, 0.1) is 0 Å². The second-order valence-electron chi connectivity index (χ2n) is 8.92. The third-order valence-electron chi connectivity index (χ3n) is 6.84. The van der Waals surface area contributed by atoms with Gasteiger partial charge in [-0.3, -0.25) is 4.79 Å². The summed E-state index contributed by atoms with van der Waals surface area (Å²) in [5, 5.41) is 6.94. The number of carbonyl (C=O) groups excluding carboxylic acids is 1. The Bertz CT molecular complexity index is 980. The Balaban J connectivity index is 0.000000917. The minimum Gasteiger partial charge on any atom is -0.378 e. The number of hydrogen-bond donors (Lipinski definition) is 2. The highest BCUT2D eigenvalue weighted by Crippen LogP contribution is 2.35. The third kappa shape index (κ3) is 6.83. The fourth-order valence-corrected chi connectivity index (χ4v) is 5.63. The summed E-state index contributed by atoms with van der Waals surface area (Å²) >= 11 is 13.3. The van der Waals surface area contributed by atoms with Crippen molar-refractivity contribution in [2.45, 2.75) is 25.3 Å². The second-order valence-corrected chi connectivity index (χ2v) is 10.6. The molecule has 35 heavy (non-hydrogen) atoms. The van der Waals surface area contributed by atoms with Crippen molar-refractivity contribution in [1.82, 2.24) is 10.6 Å². The van der Waals surface area contributed by atoms with Gasteiger partial charge in [-0.25, -0.2) is 0 Å². The summed E-state index contributed by atoms with van der Waals surface area (Å²) in [6.45, 7) is 7.42. The van der Waals surface area contributed by atoms with Crippen molar-refractivity contribution in [1.29, 1.82) is 0 Å². The molecule has 5 rings (SSSR count). The van der Waals surface area contributed by atoms with E-state index in [1.165, 1.54) is 21.3 Å². The number of alkyl halides is 2. The molecular formula is C26H33BrCl2N4O2. The number of nitrogens with zero attached hydrogens (tertiary/aromatic N) is 2. The minimum absolute atomic E-state index is 0.0192. The van der Waals surface area contributed by atoms with Gasteiger partial charge in [-0.15, -0.1) is 23.2 Å². The van der Waals surface area contributed by atoms with Crippen LogP contribution in [0.2, 0.25) is 0 Å². The Morgan fingerprint density at radius 3 is 2.37 bits per heavy atom. The van der Waals surface area contributed by atoms with Crippen LogP contribution in [-0.4, -0.2) is 69.8 Å². The highest BCUT2D eigenvalue weighted by atomic mass is 79.9. The van der Waals surface area contributed by atoms with Gasteiger partial charge in [0, 0.05) is 66.7 Å². The number of nitrogens with one attached hydrogen (secondary N) is 2. The predicted octanol–water partition coefficient (Wildman–Crippen LogP) is 4.40. The SMILES string of the molecule is ClCCl.O=C(N[C@@H]1CCc2c(Br)ccc(N3CCNCC3)c2C1)c1ccc(N2CCOCC2)cc1. The first kappa shape index (κ1) is 26.6. The summed E-state index contributed by atoms with van der Waals surface area (Å²) < 4.78 is 6.62. The maximum absolute atomic E-state index is 13.0. The molecule has 1 amide bonds. The van der Waals surface area contributed by atoms with E-state index in [4.69, 9.17) is 27.9 Å². The standard InChI is InChI=1S/C25H31BrN4O2.CH2Cl2/c26-23-7-8-24(30-11-9-27-10-12-30)22-17-19(3-6-21(22)23)28-25(31)18-1-4-20(5-2-18)29-13-15-32-16-14-29;2-1-3/h1-2,4-5,7-8,19,27H,3,6,9-17H2,(H,28,31);1H2/t19-;/m1./s1. The molecule has 2 aromatic rings. The Labute approximate surface area is 226 Å². The average Bonchev–Trinajstić information content (AvgIpc) is 2.90. The molecule has 0 unspecified atom stereocenters. The molecule has 9 heteroatoms. The zero-order valence-electron chi connectivity index (χ0n) is 19.9. The summed E-state index contributed by atoms with van der Waals surface area (Å²) in [6, 6.07) is 12.6. The molecule has 0 spiro atoms. The molecule has 0 saturated carbocycles.